The first-order valence-electron chi connectivity index (χ1n) is 8.48. The number of aromatic nitrogens is 2. The van der Waals surface area contributed by atoms with Crippen LogP contribution in [0.5, 0.6) is 0 Å². The number of hydrogen-bond donors (Lipinski definition) is 0. The van der Waals surface area contributed by atoms with E-state index < -0.39 is 0 Å². The topological polar surface area (TPSA) is 76.9 Å². The first-order chi connectivity index (χ1) is 11.6. The van der Waals surface area contributed by atoms with Crippen molar-refractivity contribution in [2.75, 3.05) is 32.8 Å². The summed E-state index contributed by atoms with van der Waals surface area (Å²) in [6, 6.07) is 1.71. The number of carbonyl (C=O) groups excluding carboxylic acids is 2. The number of amides is 2. The van der Waals surface area contributed by atoms with Gasteiger partial charge >= 0.3 is 0 Å². The summed E-state index contributed by atoms with van der Waals surface area (Å²) in [7, 11) is 1.75. The van der Waals surface area contributed by atoms with Crippen molar-refractivity contribution in [3.05, 3.63) is 18.0 Å². The second kappa shape index (κ2) is 6.18. The first-order valence-corrected chi connectivity index (χ1v) is 8.48. The number of rotatable bonds is 2. The fourth-order valence-corrected chi connectivity index (χ4v) is 3.83. The van der Waals surface area contributed by atoms with Crippen molar-refractivity contribution < 1.29 is 19.2 Å². The predicted molar refractivity (Wildman–Crippen MR) is 82.7 cm³/mol. The van der Waals surface area contributed by atoms with Crippen LogP contribution in [-0.2, 0) is 21.4 Å². The Balaban J connectivity index is 1.44. The molecule has 4 rings (SSSR count). The van der Waals surface area contributed by atoms with Gasteiger partial charge in [-0.25, -0.2) is 5.06 Å². The highest BCUT2D eigenvalue weighted by atomic mass is 16.7. The molecular weight excluding hydrogens is 312 g/mol. The molecule has 4 heterocycles. The minimum absolute atomic E-state index is 0.00275. The Morgan fingerprint density at radius 2 is 2.17 bits per heavy atom. The van der Waals surface area contributed by atoms with Crippen molar-refractivity contribution >= 4 is 11.8 Å². The quantitative estimate of drug-likeness (QED) is 0.764. The molecule has 0 aromatic carbocycles. The zero-order valence-corrected chi connectivity index (χ0v) is 13.8. The van der Waals surface area contributed by atoms with Gasteiger partial charge in [-0.05, 0) is 18.9 Å². The van der Waals surface area contributed by atoms with Crippen LogP contribution in [0.1, 0.15) is 23.3 Å². The van der Waals surface area contributed by atoms with Gasteiger partial charge in [-0.2, -0.15) is 5.10 Å². The molecule has 0 aliphatic carbocycles. The van der Waals surface area contributed by atoms with E-state index in [9.17, 15) is 9.59 Å². The molecule has 130 valence electrons. The number of fused-ring (bicyclic) bond motifs is 1. The van der Waals surface area contributed by atoms with E-state index in [1.165, 1.54) is 5.06 Å². The average molecular weight is 334 g/mol. The van der Waals surface area contributed by atoms with E-state index in [2.05, 4.69) is 5.10 Å². The lowest BCUT2D eigenvalue weighted by atomic mass is 9.92. The van der Waals surface area contributed by atoms with Gasteiger partial charge in [-0.3, -0.25) is 19.1 Å². The van der Waals surface area contributed by atoms with E-state index >= 15 is 0 Å². The number of hydrogen-bond acceptors (Lipinski definition) is 5. The maximum absolute atomic E-state index is 12.7. The minimum Gasteiger partial charge on any atom is -0.375 e. The summed E-state index contributed by atoms with van der Waals surface area (Å²) in [5, 5.41) is 5.54. The molecule has 8 heteroatoms. The molecule has 3 saturated heterocycles. The summed E-state index contributed by atoms with van der Waals surface area (Å²) in [6.07, 6.45) is 3.50. The van der Waals surface area contributed by atoms with Gasteiger partial charge in [0.15, 0.2) is 0 Å². The lowest BCUT2D eigenvalue weighted by molar-refractivity contribution is -0.202. The normalized spacial score (nSPS) is 29.8. The standard InChI is InChI=1S/C16H22N4O4/c1-18-13(4-5-17-18)16(22)19-8-11-12(10-23-14(11)9-19)15(21)20-6-2-3-7-24-20/h4-5,11-12,14H,2-3,6-10H2,1H3/t11-,12+,14-/m1/s1. The van der Waals surface area contributed by atoms with Crippen LogP contribution >= 0.6 is 0 Å². The lowest BCUT2D eigenvalue weighted by Crippen LogP contribution is -2.43. The predicted octanol–water partition coefficient (Wildman–Crippen LogP) is 0.0611. The summed E-state index contributed by atoms with van der Waals surface area (Å²) >= 11 is 0. The number of likely N-dealkylation sites (tertiary alicyclic amines) is 1. The van der Waals surface area contributed by atoms with Gasteiger partial charge in [0.2, 0.25) is 0 Å². The summed E-state index contributed by atoms with van der Waals surface area (Å²) in [5.41, 5.74) is 0.553. The minimum atomic E-state index is -0.225. The van der Waals surface area contributed by atoms with Crippen molar-refractivity contribution in [2.45, 2.75) is 18.9 Å². The Morgan fingerprint density at radius 3 is 2.88 bits per heavy atom. The molecular formula is C16H22N4O4. The van der Waals surface area contributed by atoms with Crippen LogP contribution in [0.15, 0.2) is 12.3 Å². The second-order valence-electron chi connectivity index (χ2n) is 6.67. The molecule has 2 amide bonds. The summed E-state index contributed by atoms with van der Waals surface area (Å²) < 4.78 is 7.38. The van der Waals surface area contributed by atoms with Crippen molar-refractivity contribution in [1.29, 1.82) is 0 Å². The van der Waals surface area contributed by atoms with Crippen LogP contribution in [0.25, 0.3) is 0 Å². The van der Waals surface area contributed by atoms with E-state index in [-0.39, 0.29) is 29.8 Å². The summed E-state index contributed by atoms with van der Waals surface area (Å²) in [6.45, 7) is 2.73. The molecule has 1 aromatic heterocycles. The van der Waals surface area contributed by atoms with E-state index in [4.69, 9.17) is 9.57 Å². The van der Waals surface area contributed by atoms with Crippen LogP contribution in [0, 0.1) is 11.8 Å². The maximum atomic E-state index is 12.7. The SMILES string of the molecule is Cn1nccc1C(=O)N1C[C@@H]2[C@@H](C(=O)N3CCCCO3)CO[C@@H]2C1. The fourth-order valence-electron chi connectivity index (χ4n) is 3.83. The molecule has 8 nitrogen and oxygen atoms in total. The lowest BCUT2D eigenvalue weighted by Gasteiger charge is -2.29. The number of ether oxygens (including phenoxy) is 1. The second-order valence-corrected chi connectivity index (χ2v) is 6.67. The van der Waals surface area contributed by atoms with Gasteiger partial charge in [-0.15, -0.1) is 0 Å². The molecule has 0 spiro atoms. The van der Waals surface area contributed by atoms with Gasteiger partial charge in [0.25, 0.3) is 11.8 Å². The maximum Gasteiger partial charge on any atom is 0.272 e. The molecule has 3 aliphatic rings. The van der Waals surface area contributed by atoms with Crippen LogP contribution in [0.3, 0.4) is 0 Å². The molecule has 1 aromatic rings. The van der Waals surface area contributed by atoms with E-state index in [0.29, 0.717) is 38.5 Å². The highest BCUT2D eigenvalue weighted by Crippen LogP contribution is 2.35. The summed E-state index contributed by atoms with van der Waals surface area (Å²) in [5.74, 6) is -0.247. The fraction of sp³-hybridized carbons (Fsp3) is 0.688. The van der Waals surface area contributed by atoms with E-state index in [0.717, 1.165) is 12.8 Å². The van der Waals surface area contributed by atoms with Crippen molar-refractivity contribution in [3.63, 3.8) is 0 Å². The van der Waals surface area contributed by atoms with Gasteiger partial charge in [0.05, 0.1) is 25.2 Å². The van der Waals surface area contributed by atoms with Crippen LogP contribution in [0.2, 0.25) is 0 Å². The largest absolute Gasteiger partial charge is 0.375 e. The van der Waals surface area contributed by atoms with Gasteiger partial charge in [0, 0.05) is 38.8 Å². The number of carbonyl (C=O) groups is 2. The van der Waals surface area contributed by atoms with Crippen molar-refractivity contribution in [2.24, 2.45) is 18.9 Å². The van der Waals surface area contributed by atoms with Gasteiger partial charge in [-0.1, -0.05) is 0 Å². The van der Waals surface area contributed by atoms with Crippen molar-refractivity contribution in [1.82, 2.24) is 19.7 Å². The Morgan fingerprint density at radius 1 is 1.29 bits per heavy atom. The third-order valence-corrected chi connectivity index (χ3v) is 5.21. The number of hydroxylamine groups is 2. The molecule has 3 aliphatic heterocycles. The Bertz CT molecular complexity index is 640. The number of nitrogens with zero attached hydrogens (tertiary/aromatic N) is 4. The smallest absolute Gasteiger partial charge is 0.272 e. The van der Waals surface area contributed by atoms with Crippen LogP contribution in [-0.4, -0.2) is 70.5 Å². The Hall–Kier alpha value is -1.93. The highest BCUT2D eigenvalue weighted by Gasteiger charge is 2.49. The van der Waals surface area contributed by atoms with E-state index in [1.54, 1.807) is 28.9 Å². The van der Waals surface area contributed by atoms with E-state index in [1.807, 2.05) is 0 Å². The van der Waals surface area contributed by atoms with Crippen molar-refractivity contribution in [3.8, 4) is 0 Å². The molecule has 0 radical (unpaired) electrons. The Labute approximate surface area is 140 Å². The number of aryl methyl sites for hydroxylation is 1. The van der Waals surface area contributed by atoms with Crippen LogP contribution in [0.4, 0.5) is 0 Å². The van der Waals surface area contributed by atoms with Crippen LogP contribution < -0.4 is 0 Å². The van der Waals surface area contributed by atoms with Gasteiger partial charge < -0.3 is 9.64 Å². The monoisotopic (exact) mass is 334 g/mol. The summed E-state index contributed by atoms with van der Waals surface area (Å²) in [4.78, 5) is 32.6. The zero-order chi connectivity index (χ0) is 16.7. The average Bonchev–Trinajstić information content (AvgIpc) is 3.29. The molecule has 0 N–H and O–H groups in total. The zero-order valence-electron chi connectivity index (χ0n) is 13.8. The molecule has 0 unspecified atom stereocenters. The molecule has 24 heavy (non-hydrogen) atoms. The molecule has 0 saturated carbocycles. The first kappa shape index (κ1) is 15.6. The van der Waals surface area contributed by atoms with Gasteiger partial charge in [0.1, 0.15) is 5.69 Å². The Kier molecular flexibility index (Phi) is 4.01. The third kappa shape index (κ3) is 2.59. The third-order valence-electron chi connectivity index (χ3n) is 5.21. The molecule has 3 atom stereocenters. The highest BCUT2D eigenvalue weighted by molar-refractivity contribution is 5.93. The molecule has 0 bridgehead atoms. The molecule has 3 fully saturated rings.